The van der Waals surface area contributed by atoms with E-state index < -0.39 is 0 Å². The maximum Gasteiger partial charge on any atom is 0.251 e. The molecule has 6 rings (SSSR count). The van der Waals surface area contributed by atoms with Crippen LogP contribution in [0.2, 0.25) is 0 Å². The van der Waals surface area contributed by atoms with Gasteiger partial charge >= 0.3 is 0 Å². The number of hydrogen-bond acceptors (Lipinski definition) is 3. The Morgan fingerprint density at radius 2 is 1.44 bits per heavy atom. The minimum absolute atomic E-state index is 0.0267. The summed E-state index contributed by atoms with van der Waals surface area (Å²) < 4.78 is 0. The number of nitrogens with one attached hydrogen (secondary N) is 2. The van der Waals surface area contributed by atoms with Crippen molar-refractivity contribution in [1.82, 2.24) is 15.5 Å². The number of carbonyl (C=O) groups excluding carboxylic acids is 2. The van der Waals surface area contributed by atoms with E-state index in [1.54, 1.807) is 0 Å². The molecular weight excluding hydrogens is 530 g/mol. The summed E-state index contributed by atoms with van der Waals surface area (Å²) in [4.78, 5) is 29.5. The van der Waals surface area contributed by atoms with Gasteiger partial charge in [0.15, 0.2) is 0 Å². The lowest BCUT2D eigenvalue weighted by atomic mass is 9.84. The van der Waals surface area contributed by atoms with Gasteiger partial charge in [-0.1, -0.05) is 123 Å². The molecule has 2 amide bonds. The quantitative estimate of drug-likeness (QED) is 0.228. The molecule has 1 aliphatic carbocycles. The lowest BCUT2D eigenvalue weighted by molar-refractivity contribution is -0.133. The van der Waals surface area contributed by atoms with Crippen LogP contribution in [-0.2, 0) is 4.79 Å². The molecule has 2 aliphatic rings. The lowest BCUT2D eigenvalue weighted by Crippen LogP contribution is -2.50. The second-order valence-corrected chi connectivity index (χ2v) is 12.4. The number of carbonyl (C=O) groups is 2. The van der Waals surface area contributed by atoms with Crippen LogP contribution in [0.4, 0.5) is 0 Å². The van der Waals surface area contributed by atoms with Gasteiger partial charge in [-0.25, -0.2) is 0 Å². The molecule has 4 aromatic rings. The van der Waals surface area contributed by atoms with Gasteiger partial charge in [-0.05, 0) is 52.8 Å². The van der Waals surface area contributed by atoms with Crippen LogP contribution in [-0.4, -0.2) is 48.4 Å². The Balaban J connectivity index is 1.19. The average molecular weight is 574 g/mol. The summed E-state index contributed by atoms with van der Waals surface area (Å²) in [5, 5.41) is 9.08. The van der Waals surface area contributed by atoms with Gasteiger partial charge in [0.1, 0.15) is 0 Å². The van der Waals surface area contributed by atoms with Crippen LogP contribution in [0.5, 0.6) is 0 Å². The monoisotopic (exact) mass is 573 g/mol. The Morgan fingerprint density at radius 1 is 0.791 bits per heavy atom. The normalized spacial score (nSPS) is 19.8. The zero-order valence-electron chi connectivity index (χ0n) is 25.0. The first kappa shape index (κ1) is 29.1. The molecule has 5 nitrogen and oxygen atoms in total. The van der Waals surface area contributed by atoms with Gasteiger partial charge in [0.25, 0.3) is 5.91 Å². The molecule has 2 atom stereocenters. The maximum absolute atomic E-state index is 14.2. The molecule has 1 aliphatic heterocycles. The van der Waals surface area contributed by atoms with E-state index in [9.17, 15) is 9.59 Å². The van der Waals surface area contributed by atoms with E-state index in [0.29, 0.717) is 31.1 Å². The van der Waals surface area contributed by atoms with Gasteiger partial charge in [-0.3, -0.25) is 9.59 Å². The predicted molar refractivity (Wildman–Crippen MR) is 174 cm³/mol. The van der Waals surface area contributed by atoms with Crippen molar-refractivity contribution in [1.29, 1.82) is 0 Å². The standard InChI is InChI=1S/C38H43N3O2/c42-37(33-21-20-29-14-10-11-19-32(29)25-33)39-26-34-22-23-41(38(43)36(40-34)24-28-12-4-1-5-13-28)27-35(30-15-6-2-7-16-30)31-17-8-3-9-18-31/h2-3,6-11,14-21,25,28,34-36,40H,1,4-5,12-13,22-24,26-27H2,(H,39,42)/t34-,36-/m1/s1. The highest BCUT2D eigenvalue weighted by Gasteiger charge is 2.34. The number of hydrogen-bond donors (Lipinski definition) is 2. The molecule has 0 unspecified atom stereocenters. The van der Waals surface area contributed by atoms with Gasteiger partial charge < -0.3 is 15.5 Å². The highest BCUT2D eigenvalue weighted by atomic mass is 16.2. The summed E-state index contributed by atoms with van der Waals surface area (Å²) in [6, 6.07) is 34.8. The largest absolute Gasteiger partial charge is 0.350 e. The van der Waals surface area contributed by atoms with E-state index in [1.807, 2.05) is 48.5 Å². The number of fused-ring (bicyclic) bond motifs is 1. The number of amides is 2. The third-order valence-corrected chi connectivity index (χ3v) is 9.42. The van der Waals surface area contributed by atoms with Crippen LogP contribution < -0.4 is 10.6 Å². The second-order valence-electron chi connectivity index (χ2n) is 12.4. The van der Waals surface area contributed by atoms with Crippen LogP contribution in [0.15, 0.2) is 103 Å². The van der Waals surface area contributed by atoms with E-state index in [2.05, 4.69) is 70.1 Å². The van der Waals surface area contributed by atoms with E-state index in [-0.39, 0.29) is 29.8 Å². The zero-order chi connectivity index (χ0) is 29.4. The number of benzene rings is 4. The van der Waals surface area contributed by atoms with Crippen LogP contribution in [0.25, 0.3) is 10.8 Å². The molecule has 222 valence electrons. The first-order valence-electron chi connectivity index (χ1n) is 16.1. The van der Waals surface area contributed by atoms with E-state index in [0.717, 1.165) is 23.6 Å². The van der Waals surface area contributed by atoms with Crippen molar-refractivity contribution in [3.05, 3.63) is 120 Å². The van der Waals surface area contributed by atoms with E-state index in [4.69, 9.17) is 0 Å². The minimum atomic E-state index is -0.236. The van der Waals surface area contributed by atoms with Crippen molar-refractivity contribution in [2.24, 2.45) is 5.92 Å². The Labute approximate surface area is 255 Å². The highest BCUT2D eigenvalue weighted by Crippen LogP contribution is 2.30. The average Bonchev–Trinajstić information content (AvgIpc) is 3.21. The minimum Gasteiger partial charge on any atom is -0.350 e. The van der Waals surface area contributed by atoms with Gasteiger partial charge in [0.2, 0.25) is 5.91 Å². The summed E-state index contributed by atoms with van der Waals surface area (Å²) in [7, 11) is 0. The number of nitrogens with zero attached hydrogens (tertiary/aromatic N) is 1. The molecule has 0 spiro atoms. The molecule has 0 aromatic heterocycles. The third-order valence-electron chi connectivity index (χ3n) is 9.42. The lowest BCUT2D eigenvalue weighted by Gasteiger charge is -2.31. The fraction of sp³-hybridized carbons (Fsp3) is 0.368. The molecule has 1 heterocycles. The first-order chi connectivity index (χ1) is 21.1. The van der Waals surface area contributed by atoms with Crippen molar-refractivity contribution in [3.8, 4) is 0 Å². The van der Waals surface area contributed by atoms with Crippen LogP contribution in [0, 0.1) is 5.92 Å². The topological polar surface area (TPSA) is 61.4 Å². The molecule has 43 heavy (non-hydrogen) atoms. The molecule has 4 aromatic carbocycles. The van der Waals surface area contributed by atoms with E-state index >= 15 is 0 Å². The van der Waals surface area contributed by atoms with Gasteiger partial charge in [-0.15, -0.1) is 0 Å². The van der Waals surface area contributed by atoms with Crippen molar-refractivity contribution < 1.29 is 9.59 Å². The van der Waals surface area contributed by atoms with Gasteiger partial charge in [-0.2, -0.15) is 0 Å². The fourth-order valence-corrected chi connectivity index (χ4v) is 6.99. The molecule has 0 bridgehead atoms. The summed E-state index contributed by atoms with van der Waals surface area (Å²) >= 11 is 0. The third kappa shape index (κ3) is 7.34. The zero-order valence-corrected chi connectivity index (χ0v) is 25.0. The fourth-order valence-electron chi connectivity index (χ4n) is 6.99. The number of rotatable bonds is 9. The molecule has 2 N–H and O–H groups in total. The van der Waals surface area contributed by atoms with Gasteiger partial charge in [0.05, 0.1) is 6.04 Å². The Kier molecular flexibility index (Phi) is 9.49. The SMILES string of the molecule is O=C(NC[C@H]1CCN(CC(c2ccccc2)c2ccccc2)C(=O)[C@@H](CC2CCCCC2)N1)c1ccc2ccccc2c1. The van der Waals surface area contributed by atoms with Crippen LogP contribution in [0.1, 0.15) is 72.3 Å². The van der Waals surface area contributed by atoms with Crippen molar-refractivity contribution in [2.45, 2.75) is 62.9 Å². The second kappa shape index (κ2) is 14.0. The highest BCUT2D eigenvalue weighted by molar-refractivity contribution is 5.98. The smallest absolute Gasteiger partial charge is 0.251 e. The predicted octanol–water partition coefficient (Wildman–Crippen LogP) is 6.93. The van der Waals surface area contributed by atoms with Crippen LogP contribution >= 0.6 is 0 Å². The van der Waals surface area contributed by atoms with E-state index in [1.165, 1.54) is 43.2 Å². The molecule has 1 saturated carbocycles. The molecule has 2 fully saturated rings. The molecule has 1 saturated heterocycles. The Hall–Kier alpha value is -3.96. The van der Waals surface area contributed by atoms with Crippen molar-refractivity contribution in [2.75, 3.05) is 19.6 Å². The molecular formula is C38H43N3O2. The van der Waals surface area contributed by atoms with Crippen LogP contribution in [0.3, 0.4) is 0 Å². The van der Waals surface area contributed by atoms with Crippen molar-refractivity contribution >= 4 is 22.6 Å². The maximum atomic E-state index is 14.2. The van der Waals surface area contributed by atoms with Crippen molar-refractivity contribution in [3.63, 3.8) is 0 Å². The Morgan fingerprint density at radius 3 is 2.14 bits per heavy atom. The first-order valence-corrected chi connectivity index (χ1v) is 16.1. The van der Waals surface area contributed by atoms with Gasteiger partial charge in [0, 0.05) is 37.2 Å². The molecule has 5 heteroatoms. The summed E-state index contributed by atoms with van der Waals surface area (Å²) in [5.74, 6) is 0.802. The Bertz CT molecular complexity index is 1460. The summed E-state index contributed by atoms with van der Waals surface area (Å²) in [6.07, 6.45) is 7.87. The summed E-state index contributed by atoms with van der Waals surface area (Å²) in [5.41, 5.74) is 3.11. The summed E-state index contributed by atoms with van der Waals surface area (Å²) in [6.45, 7) is 1.81. The molecule has 0 radical (unpaired) electrons.